The molecule has 1 N–H and O–H groups in total. The number of nitrogens with one attached hydrogen (secondary N) is 1. The largest absolute Gasteiger partial charge is 0.497 e. The van der Waals surface area contributed by atoms with Crippen molar-refractivity contribution in [2.75, 3.05) is 25.1 Å². The van der Waals surface area contributed by atoms with Crippen LogP contribution < -0.4 is 15.0 Å². The number of aryl methyl sites for hydroxylation is 1. The van der Waals surface area contributed by atoms with E-state index in [2.05, 4.69) is 5.32 Å². The maximum Gasteiger partial charge on any atom is 0.303 e. The number of para-hydroxylation sites is 1. The fourth-order valence-electron chi connectivity index (χ4n) is 4.60. The van der Waals surface area contributed by atoms with Gasteiger partial charge in [-0.1, -0.05) is 59.6 Å². The number of nitrogens with zero attached hydrogens (tertiary/aromatic N) is 1. The fourth-order valence-corrected chi connectivity index (χ4v) is 6.34. The van der Waals surface area contributed by atoms with Gasteiger partial charge in [0.2, 0.25) is 0 Å². The van der Waals surface area contributed by atoms with Crippen molar-refractivity contribution in [3.05, 3.63) is 87.9 Å². The highest BCUT2D eigenvalue weighted by atomic mass is 35.5. The van der Waals surface area contributed by atoms with Crippen LogP contribution in [0.4, 0.5) is 5.69 Å². The highest BCUT2D eigenvalue weighted by Crippen LogP contribution is 2.47. The number of fused-ring (bicyclic) bond motifs is 1. The zero-order chi connectivity index (χ0) is 27.9. The molecule has 3 aromatic carbocycles. The second-order valence-corrected chi connectivity index (χ2v) is 11.4. The zero-order valence-electron chi connectivity index (χ0n) is 22.2. The maximum atomic E-state index is 14.0. The Kier molecular flexibility index (Phi) is 10.2. The quantitative estimate of drug-likeness (QED) is 0.210. The molecule has 0 aromatic heterocycles. The molecule has 0 saturated carbocycles. The third kappa shape index (κ3) is 7.28. The first-order valence-corrected chi connectivity index (χ1v) is 14.5. The number of carbonyl (C=O) groups excluding carboxylic acids is 2. The van der Waals surface area contributed by atoms with Crippen molar-refractivity contribution in [3.63, 3.8) is 0 Å². The Morgan fingerprint density at radius 2 is 1.82 bits per heavy atom. The van der Waals surface area contributed by atoms with Gasteiger partial charge in [-0.05, 0) is 67.8 Å². The summed E-state index contributed by atoms with van der Waals surface area (Å²) in [6, 6.07) is 21.0. The first-order valence-electron chi connectivity index (χ1n) is 12.8. The van der Waals surface area contributed by atoms with Gasteiger partial charge in [-0.25, -0.2) is 0 Å². The molecule has 4 rings (SSSR count). The van der Waals surface area contributed by atoms with E-state index in [4.69, 9.17) is 32.7 Å². The van der Waals surface area contributed by atoms with Gasteiger partial charge in [0.1, 0.15) is 5.75 Å². The van der Waals surface area contributed by atoms with E-state index in [0.29, 0.717) is 22.3 Å². The molecule has 0 aliphatic carbocycles. The molecule has 39 heavy (non-hydrogen) atoms. The van der Waals surface area contributed by atoms with Crippen LogP contribution in [0.5, 0.6) is 5.75 Å². The maximum absolute atomic E-state index is 14.0. The highest BCUT2D eigenvalue weighted by Gasteiger charge is 2.41. The molecule has 3 unspecified atom stereocenters. The standard InChI is InChI=1S/C30H32Cl2N2O4S/c1-19(33-17-7-9-21-8-6-10-24(31)27(21)32)18-34-25-11-4-5-12-26(25)39-29(28(30(34)36)38-20(2)35)22-13-15-23(37-3)16-14-22/h4-6,8,10-16,19,28-29,33H,7,9,17-18H2,1-3H3. The number of hydrogen-bond donors (Lipinski definition) is 1. The third-order valence-electron chi connectivity index (χ3n) is 6.54. The molecule has 3 atom stereocenters. The second-order valence-electron chi connectivity index (χ2n) is 9.43. The molecule has 0 radical (unpaired) electrons. The lowest BCUT2D eigenvalue weighted by Crippen LogP contribution is -2.48. The number of ether oxygens (including phenoxy) is 2. The summed E-state index contributed by atoms with van der Waals surface area (Å²) in [4.78, 5) is 28.8. The summed E-state index contributed by atoms with van der Waals surface area (Å²) < 4.78 is 11.0. The number of benzene rings is 3. The Balaban J connectivity index is 1.51. The Hall–Kier alpha value is -2.71. The van der Waals surface area contributed by atoms with Crippen molar-refractivity contribution >= 4 is 52.5 Å². The lowest BCUT2D eigenvalue weighted by atomic mass is 10.0. The van der Waals surface area contributed by atoms with Crippen LogP contribution in [0.15, 0.2) is 71.6 Å². The number of hydrogen-bond acceptors (Lipinski definition) is 6. The van der Waals surface area contributed by atoms with Gasteiger partial charge in [-0.15, -0.1) is 11.8 Å². The summed E-state index contributed by atoms with van der Waals surface area (Å²) in [5.41, 5.74) is 2.70. The molecular weight excluding hydrogens is 555 g/mol. The predicted molar refractivity (Wildman–Crippen MR) is 158 cm³/mol. The van der Waals surface area contributed by atoms with Crippen LogP contribution in [0.1, 0.15) is 36.6 Å². The van der Waals surface area contributed by atoms with Gasteiger partial charge < -0.3 is 19.7 Å². The Morgan fingerprint density at radius 1 is 1.08 bits per heavy atom. The lowest BCUT2D eigenvalue weighted by molar-refractivity contribution is -0.152. The molecule has 0 spiro atoms. The number of carbonyl (C=O) groups is 2. The van der Waals surface area contributed by atoms with Gasteiger partial charge >= 0.3 is 5.97 Å². The summed E-state index contributed by atoms with van der Waals surface area (Å²) in [7, 11) is 1.61. The number of esters is 1. The second kappa shape index (κ2) is 13.6. The molecule has 1 aliphatic rings. The van der Waals surface area contributed by atoms with Crippen molar-refractivity contribution in [1.82, 2.24) is 5.32 Å². The van der Waals surface area contributed by atoms with Crippen LogP contribution in [0, 0.1) is 0 Å². The number of rotatable bonds is 10. The van der Waals surface area contributed by atoms with Crippen molar-refractivity contribution < 1.29 is 19.1 Å². The summed E-state index contributed by atoms with van der Waals surface area (Å²) in [6.45, 7) is 4.54. The number of halogens is 2. The fraction of sp³-hybridized carbons (Fsp3) is 0.333. The SMILES string of the molecule is COc1ccc(C2Sc3ccccc3N(CC(C)NCCCc3cccc(Cl)c3Cl)C(=O)C2OC(C)=O)cc1. The smallest absolute Gasteiger partial charge is 0.303 e. The Bertz CT molecular complexity index is 1300. The van der Waals surface area contributed by atoms with Crippen LogP contribution in [-0.2, 0) is 20.7 Å². The van der Waals surface area contributed by atoms with Crippen LogP contribution in [-0.4, -0.2) is 44.2 Å². The van der Waals surface area contributed by atoms with Crippen molar-refractivity contribution in [3.8, 4) is 5.75 Å². The molecule has 1 aliphatic heterocycles. The predicted octanol–water partition coefficient (Wildman–Crippen LogP) is 6.72. The van der Waals surface area contributed by atoms with Crippen LogP contribution in [0.2, 0.25) is 10.0 Å². The van der Waals surface area contributed by atoms with Crippen molar-refractivity contribution in [2.45, 2.75) is 49.0 Å². The van der Waals surface area contributed by atoms with Gasteiger partial charge in [0.15, 0.2) is 6.10 Å². The Labute approximate surface area is 244 Å². The average Bonchev–Trinajstić information content (AvgIpc) is 3.04. The van der Waals surface area contributed by atoms with E-state index >= 15 is 0 Å². The monoisotopic (exact) mass is 586 g/mol. The molecule has 1 amide bonds. The van der Waals surface area contributed by atoms with E-state index in [1.807, 2.05) is 67.6 Å². The molecule has 0 fully saturated rings. The van der Waals surface area contributed by atoms with Crippen molar-refractivity contribution in [1.29, 1.82) is 0 Å². The molecule has 3 aromatic rings. The molecule has 1 heterocycles. The van der Waals surface area contributed by atoms with E-state index in [0.717, 1.165) is 41.1 Å². The van der Waals surface area contributed by atoms with E-state index in [1.165, 1.54) is 18.7 Å². The summed E-state index contributed by atoms with van der Waals surface area (Å²) in [5.74, 6) is -0.0284. The van der Waals surface area contributed by atoms with Crippen LogP contribution in [0.3, 0.4) is 0 Å². The lowest BCUT2D eigenvalue weighted by Gasteiger charge is -2.29. The molecule has 0 saturated heterocycles. The number of thioether (sulfide) groups is 1. The molecule has 0 bridgehead atoms. The average molecular weight is 588 g/mol. The van der Waals surface area contributed by atoms with E-state index < -0.39 is 17.3 Å². The highest BCUT2D eigenvalue weighted by molar-refractivity contribution is 7.99. The van der Waals surface area contributed by atoms with Crippen LogP contribution in [0.25, 0.3) is 0 Å². The minimum absolute atomic E-state index is 0.0163. The summed E-state index contributed by atoms with van der Waals surface area (Å²) >= 11 is 14.0. The van der Waals surface area contributed by atoms with Gasteiger partial charge in [-0.2, -0.15) is 0 Å². The first kappa shape index (κ1) is 29.3. The van der Waals surface area contributed by atoms with Gasteiger partial charge in [0.05, 0.1) is 28.1 Å². The normalized spacial score (nSPS) is 17.8. The molecular formula is C30H32Cl2N2O4S. The van der Waals surface area contributed by atoms with Gasteiger partial charge in [0.25, 0.3) is 5.91 Å². The molecule has 9 heteroatoms. The minimum atomic E-state index is -0.981. The molecule has 6 nitrogen and oxygen atoms in total. The number of anilines is 1. The summed E-state index contributed by atoms with van der Waals surface area (Å²) in [5, 5.41) is 4.26. The van der Waals surface area contributed by atoms with Crippen LogP contribution >= 0.6 is 35.0 Å². The summed E-state index contributed by atoms with van der Waals surface area (Å²) in [6.07, 6.45) is 0.671. The third-order valence-corrected chi connectivity index (χ3v) is 8.77. The van der Waals surface area contributed by atoms with E-state index in [1.54, 1.807) is 18.1 Å². The minimum Gasteiger partial charge on any atom is -0.497 e. The van der Waals surface area contributed by atoms with Gasteiger partial charge in [0, 0.05) is 24.4 Å². The van der Waals surface area contributed by atoms with Crippen molar-refractivity contribution in [2.24, 2.45) is 0 Å². The number of methoxy groups -OCH3 is 1. The van der Waals surface area contributed by atoms with E-state index in [9.17, 15) is 9.59 Å². The Morgan fingerprint density at radius 3 is 2.54 bits per heavy atom. The topological polar surface area (TPSA) is 67.9 Å². The number of amides is 1. The van der Waals surface area contributed by atoms with E-state index in [-0.39, 0.29) is 11.9 Å². The first-order chi connectivity index (χ1) is 18.8. The molecule has 206 valence electrons. The van der Waals surface area contributed by atoms with Gasteiger partial charge in [-0.3, -0.25) is 9.59 Å². The zero-order valence-corrected chi connectivity index (χ0v) is 24.5.